The van der Waals surface area contributed by atoms with Crippen molar-refractivity contribution < 1.29 is 4.42 Å². The first-order valence-electron chi connectivity index (χ1n) is 7.43. The van der Waals surface area contributed by atoms with Crippen LogP contribution in [0.2, 0.25) is 0 Å². The lowest BCUT2D eigenvalue weighted by Crippen LogP contribution is -2.21. The molecule has 0 radical (unpaired) electrons. The van der Waals surface area contributed by atoms with Crippen molar-refractivity contribution in [2.75, 3.05) is 7.05 Å². The van der Waals surface area contributed by atoms with Gasteiger partial charge in [0.05, 0.1) is 6.54 Å². The Bertz CT molecular complexity index is 548. The Morgan fingerprint density at radius 2 is 1.95 bits per heavy atom. The maximum atomic E-state index is 5.86. The molecule has 0 aromatic carbocycles. The van der Waals surface area contributed by atoms with E-state index in [9.17, 15) is 0 Å². The molecular formula is C17H25N3O. The summed E-state index contributed by atoms with van der Waals surface area (Å²) in [5.41, 5.74) is 2.51. The average Bonchev–Trinajstić information content (AvgIpc) is 2.77. The highest BCUT2D eigenvalue weighted by Crippen LogP contribution is 2.17. The minimum Gasteiger partial charge on any atom is -0.465 e. The highest BCUT2D eigenvalue weighted by molar-refractivity contribution is 5.21. The summed E-state index contributed by atoms with van der Waals surface area (Å²) >= 11 is 0. The van der Waals surface area contributed by atoms with Gasteiger partial charge in [0.25, 0.3) is 0 Å². The second kappa shape index (κ2) is 7.38. The summed E-state index contributed by atoms with van der Waals surface area (Å²) in [6.45, 7) is 8.90. The smallest absolute Gasteiger partial charge is 0.118 e. The van der Waals surface area contributed by atoms with Crippen LogP contribution < -0.4 is 5.32 Å². The van der Waals surface area contributed by atoms with Crippen molar-refractivity contribution >= 4 is 0 Å². The molecule has 2 aromatic heterocycles. The van der Waals surface area contributed by atoms with E-state index in [1.54, 1.807) is 0 Å². The van der Waals surface area contributed by atoms with Crippen LogP contribution in [0.5, 0.6) is 0 Å². The number of furan rings is 1. The van der Waals surface area contributed by atoms with Gasteiger partial charge in [-0.25, -0.2) is 0 Å². The molecule has 114 valence electrons. The van der Waals surface area contributed by atoms with E-state index < -0.39 is 0 Å². The van der Waals surface area contributed by atoms with Crippen LogP contribution in [0.4, 0.5) is 0 Å². The normalized spacial score (nSPS) is 11.5. The largest absolute Gasteiger partial charge is 0.465 e. The van der Waals surface area contributed by atoms with E-state index in [0.29, 0.717) is 6.04 Å². The molecule has 0 fully saturated rings. The predicted octanol–water partition coefficient (Wildman–Crippen LogP) is 3.11. The number of hydrogen-bond donors (Lipinski definition) is 1. The summed E-state index contributed by atoms with van der Waals surface area (Å²) in [4.78, 5) is 6.29. The fourth-order valence-corrected chi connectivity index (χ4v) is 2.28. The Kier molecular flexibility index (Phi) is 5.53. The van der Waals surface area contributed by atoms with Gasteiger partial charge >= 0.3 is 0 Å². The Morgan fingerprint density at radius 3 is 2.62 bits per heavy atom. The van der Waals surface area contributed by atoms with Crippen molar-refractivity contribution in [1.29, 1.82) is 0 Å². The minimum absolute atomic E-state index is 0.483. The summed E-state index contributed by atoms with van der Waals surface area (Å²) in [6.07, 6.45) is 3.66. The molecule has 4 nitrogen and oxygen atoms in total. The zero-order valence-corrected chi connectivity index (χ0v) is 13.4. The molecular weight excluding hydrogens is 262 g/mol. The van der Waals surface area contributed by atoms with Crippen molar-refractivity contribution in [3.8, 4) is 0 Å². The van der Waals surface area contributed by atoms with Crippen molar-refractivity contribution in [2.45, 2.75) is 46.4 Å². The van der Waals surface area contributed by atoms with E-state index in [0.717, 1.165) is 31.2 Å². The van der Waals surface area contributed by atoms with Crippen LogP contribution in [0, 0.1) is 6.92 Å². The lowest BCUT2D eigenvalue weighted by Gasteiger charge is -2.14. The van der Waals surface area contributed by atoms with Crippen LogP contribution in [0.25, 0.3) is 0 Å². The number of hydrogen-bond acceptors (Lipinski definition) is 4. The van der Waals surface area contributed by atoms with Crippen LogP contribution in [-0.4, -0.2) is 23.0 Å². The molecule has 2 rings (SSSR count). The van der Waals surface area contributed by atoms with Gasteiger partial charge in [-0.2, -0.15) is 0 Å². The van der Waals surface area contributed by atoms with Crippen molar-refractivity contribution in [3.63, 3.8) is 0 Å². The Balaban J connectivity index is 1.92. The second-order valence-electron chi connectivity index (χ2n) is 5.86. The Morgan fingerprint density at radius 1 is 1.24 bits per heavy atom. The number of nitrogens with zero attached hydrogens (tertiary/aromatic N) is 2. The Labute approximate surface area is 127 Å². The molecule has 4 heteroatoms. The SMILES string of the molecule is Cc1oc(CN(C)Cc2ccncc2)cc1CNC(C)C. The summed E-state index contributed by atoms with van der Waals surface area (Å²) in [7, 11) is 2.10. The predicted molar refractivity (Wildman–Crippen MR) is 84.8 cm³/mol. The third-order valence-corrected chi connectivity index (χ3v) is 3.40. The standard InChI is InChI=1S/C17H25N3O/c1-13(2)19-10-16-9-17(21-14(16)3)12-20(4)11-15-5-7-18-8-6-15/h5-9,13,19H,10-12H2,1-4H3. The second-order valence-corrected chi connectivity index (χ2v) is 5.86. The summed E-state index contributed by atoms with van der Waals surface area (Å²) in [6, 6.07) is 6.73. The minimum atomic E-state index is 0.483. The van der Waals surface area contributed by atoms with Crippen molar-refractivity contribution in [2.24, 2.45) is 0 Å². The van der Waals surface area contributed by atoms with Gasteiger partial charge in [-0.15, -0.1) is 0 Å². The van der Waals surface area contributed by atoms with Gasteiger partial charge in [-0.1, -0.05) is 13.8 Å². The topological polar surface area (TPSA) is 41.3 Å². The molecule has 0 bridgehead atoms. The lowest BCUT2D eigenvalue weighted by molar-refractivity contribution is 0.285. The first-order valence-corrected chi connectivity index (χ1v) is 7.43. The summed E-state index contributed by atoms with van der Waals surface area (Å²) < 4.78 is 5.86. The van der Waals surface area contributed by atoms with Crippen LogP contribution in [-0.2, 0) is 19.6 Å². The van der Waals surface area contributed by atoms with Crippen LogP contribution in [0.3, 0.4) is 0 Å². The quantitative estimate of drug-likeness (QED) is 0.849. The average molecular weight is 287 g/mol. The summed E-state index contributed by atoms with van der Waals surface area (Å²) in [5.74, 6) is 2.03. The van der Waals surface area contributed by atoms with Crippen molar-refractivity contribution in [1.82, 2.24) is 15.2 Å². The van der Waals surface area contributed by atoms with Crippen LogP contribution >= 0.6 is 0 Å². The first kappa shape index (κ1) is 15.7. The fourth-order valence-electron chi connectivity index (χ4n) is 2.28. The van der Waals surface area contributed by atoms with Crippen LogP contribution in [0.15, 0.2) is 35.0 Å². The molecule has 0 saturated heterocycles. The van der Waals surface area contributed by atoms with E-state index in [4.69, 9.17) is 4.42 Å². The lowest BCUT2D eigenvalue weighted by atomic mass is 10.2. The van der Waals surface area contributed by atoms with Crippen molar-refractivity contribution in [3.05, 3.63) is 53.2 Å². The molecule has 0 amide bonds. The maximum Gasteiger partial charge on any atom is 0.118 e. The Hall–Kier alpha value is -1.65. The maximum absolute atomic E-state index is 5.86. The van der Waals surface area contributed by atoms with Gasteiger partial charge in [-0.05, 0) is 37.7 Å². The van der Waals surface area contributed by atoms with Gasteiger partial charge in [0.1, 0.15) is 11.5 Å². The number of rotatable bonds is 7. The molecule has 0 aliphatic rings. The number of aromatic nitrogens is 1. The van der Waals surface area contributed by atoms with E-state index in [1.807, 2.05) is 31.5 Å². The number of pyridine rings is 1. The molecule has 0 saturated carbocycles. The van der Waals surface area contributed by atoms with E-state index in [1.165, 1.54) is 11.1 Å². The van der Waals surface area contributed by atoms with Gasteiger partial charge in [0, 0.05) is 37.1 Å². The highest BCUT2D eigenvalue weighted by Gasteiger charge is 2.10. The molecule has 0 aliphatic carbocycles. The molecule has 1 N–H and O–H groups in total. The first-order chi connectivity index (χ1) is 10.0. The summed E-state index contributed by atoms with van der Waals surface area (Å²) in [5, 5.41) is 3.43. The zero-order valence-electron chi connectivity index (χ0n) is 13.4. The third kappa shape index (κ3) is 4.99. The van der Waals surface area contributed by atoms with Gasteiger partial charge in [0.2, 0.25) is 0 Å². The molecule has 0 spiro atoms. The molecule has 0 unspecified atom stereocenters. The zero-order chi connectivity index (χ0) is 15.2. The molecule has 2 aromatic rings. The fraction of sp³-hybridized carbons (Fsp3) is 0.471. The third-order valence-electron chi connectivity index (χ3n) is 3.40. The van der Waals surface area contributed by atoms with Gasteiger partial charge in [0.15, 0.2) is 0 Å². The molecule has 21 heavy (non-hydrogen) atoms. The molecule has 0 aliphatic heterocycles. The monoisotopic (exact) mass is 287 g/mol. The van der Waals surface area contributed by atoms with E-state index >= 15 is 0 Å². The number of nitrogens with one attached hydrogen (secondary N) is 1. The van der Waals surface area contributed by atoms with Gasteiger partial charge in [-0.3, -0.25) is 9.88 Å². The molecule has 2 heterocycles. The van der Waals surface area contributed by atoms with Crippen LogP contribution in [0.1, 0.15) is 36.5 Å². The molecule has 0 atom stereocenters. The van der Waals surface area contributed by atoms with Gasteiger partial charge < -0.3 is 9.73 Å². The van der Waals surface area contributed by atoms with E-state index in [2.05, 4.69) is 42.2 Å². The number of aryl methyl sites for hydroxylation is 1. The highest BCUT2D eigenvalue weighted by atomic mass is 16.3. The van der Waals surface area contributed by atoms with E-state index in [-0.39, 0.29) is 0 Å².